The second kappa shape index (κ2) is 54.4. The fourth-order valence-corrected chi connectivity index (χ4v) is 13.9. The number of nitrogens with zero attached hydrogens (tertiary/aromatic N) is 2. The van der Waals surface area contributed by atoms with Crippen molar-refractivity contribution in [1.29, 1.82) is 0 Å². The number of carboxylic acid groups (broad SMARTS) is 2. The molecule has 1 heterocycles. The van der Waals surface area contributed by atoms with Crippen LogP contribution in [0.2, 0.25) is 0 Å². The third kappa shape index (κ3) is 36.3. The van der Waals surface area contributed by atoms with E-state index in [1.165, 1.54) is 47.9 Å². The average molecular weight is 1730 g/mol. The molecular formula is C83H129N19O19S. The number of thioether (sulfide) groups is 1. The number of phenolic OH excluding ortho intramolecular Hbond substituents is 1. The number of nitrogens with one attached hydrogen (secondary N) is 12. The van der Waals surface area contributed by atoms with E-state index in [1.807, 2.05) is 6.26 Å². The minimum atomic E-state index is -1.78. The number of phenols is 1. The van der Waals surface area contributed by atoms with Crippen molar-refractivity contribution in [3.63, 3.8) is 0 Å². The topological polar surface area (TPSA) is 627 Å². The standard InChI is InChI=1S/C83H129N19O19S/c1-9-49(6)68(101-77(115)64(46-103)99-73(111)57(27-17-19-38-85)92-76(114)61(43-53-30-32-54(104)33-31-53)95-69(107)50(7)90-70(108)55(86)36-41-122-8)80(118)93-58(28-20-39-89-83(87)88)72(110)97-62(44-51-22-12-10-13-23-51)81(119)102-40-21-29-65(102)78(116)100-67(48(4)5)79(117)94-59(34-35-66(105)106)74(112)91-56(26-16-18-37-84)71(109)96-60(42-47(2)3)75(113)98-63(82(120)121)45-52-24-14-11-15-25-52/h10-15,22-25,30-33,47-50,55-65,67-68,103-104H,9,16-21,26-29,34-46,84-86H2,1-8H3,(H,90,108)(H,91,112)(H,92,114)(H,93,118)(H,94,117)(H,95,107)(H,96,109)(H,97,110)(H,98,113)(H,99,111)(H,100,116)(H,101,115)(H,105,106)(H,120,121)(H4,87,88,89)/t49-,50-,55-,56-,57-,58-,59-,60-,61-,62-,63-,64-,65-,67-,68-/m0/s1. The lowest BCUT2D eigenvalue weighted by molar-refractivity contribution is -0.143. The minimum absolute atomic E-state index is 0.0259. The quantitative estimate of drug-likeness (QED) is 0.0171. The molecule has 676 valence electrons. The molecule has 4 rings (SSSR count). The first kappa shape index (κ1) is 103. The lowest BCUT2D eigenvalue weighted by atomic mass is 9.97. The van der Waals surface area contributed by atoms with Gasteiger partial charge in [-0.05, 0) is 162 Å². The Labute approximate surface area is 716 Å². The summed E-state index contributed by atoms with van der Waals surface area (Å²) >= 11 is 1.48. The maximum Gasteiger partial charge on any atom is 0.326 e. The number of nitrogens with two attached hydrogens (primary N) is 5. The summed E-state index contributed by atoms with van der Waals surface area (Å²) in [6.07, 6.45) is 2.26. The Morgan fingerprint density at radius 3 is 1.43 bits per heavy atom. The van der Waals surface area contributed by atoms with Crippen LogP contribution in [-0.2, 0) is 91.2 Å². The smallest absolute Gasteiger partial charge is 0.326 e. The van der Waals surface area contributed by atoms with E-state index in [0.29, 0.717) is 41.7 Å². The molecule has 13 amide bonds. The largest absolute Gasteiger partial charge is 0.508 e. The van der Waals surface area contributed by atoms with Gasteiger partial charge in [0.2, 0.25) is 76.8 Å². The van der Waals surface area contributed by atoms with Gasteiger partial charge < -0.3 is 118 Å². The predicted octanol–water partition coefficient (Wildman–Crippen LogP) is -1.67. The number of hydrogen-bond acceptors (Lipinski definition) is 22. The van der Waals surface area contributed by atoms with Crippen molar-refractivity contribution >= 4 is 106 Å². The normalized spacial score (nSPS) is 15.9. The molecule has 15 atom stereocenters. The van der Waals surface area contributed by atoms with E-state index < -0.39 is 205 Å². The Balaban J connectivity index is 1.61. The summed E-state index contributed by atoms with van der Waals surface area (Å²) in [5.41, 5.74) is 30.6. The first-order chi connectivity index (χ1) is 57.9. The van der Waals surface area contributed by atoms with Crippen LogP contribution in [0.4, 0.5) is 0 Å². The predicted molar refractivity (Wildman–Crippen MR) is 458 cm³/mol. The number of aromatic hydroxyl groups is 1. The summed E-state index contributed by atoms with van der Waals surface area (Å²) in [6.45, 7) is 10.7. The molecule has 1 aliphatic heterocycles. The number of hydrogen-bond donors (Lipinski definition) is 21. The number of aliphatic hydroxyl groups is 1. The molecule has 0 aliphatic carbocycles. The van der Waals surface area contributed by atoms with Gasteiger partial charge in [-0.3, -0.25) is 72.1 Å². The van der Waals surface area contributed by atoms with Gasteiger partial charge in [-0.2, -0.15) is 11.8 Å². The molecule has 1 fully saturated rings. The molecule has 0 bridgehead atoms. The van der Waals surface area contributed by atoms with Crippen LogP contribution in [0.1, 0.15) is 161 Å². The van der Waals surface area contributed by atoms with Crippen molar-refractivity contribution in [3.05, 3.63) is 102 Å². The van der Waals surface area contributed by atoms with Gasteiger partial charge in [-0.1, -0.05) is 121 Å². The van der Waals surface area contributed by atoms with Crippen molar-refractivity contribution in [3.8, 4) is 5.75 Å². The zero-order valence-electron chi connectivity index (χ0n) is 71.0. The Hall–Kier alpha value is -11.0. The van der Waals surface area contributed by atoms with Crippen LogP contribution in [0, 0.1) is 17.8 Å². The molecular weight excluding hydrogens is 1600 g/mol. The molecule has 39 heteroatoms. The van der Waals surface area contributed by atoms with Gasteiger partial charge in [0.05, 0.1) is 12.6 Å². The molecule has 1 aliphatic rings. The molecule has 3 aromatic rings. The number of amides is 13. The van der Waals surface area contributed by atoms with Gasteiger partial charge in [0.25, 0.3) is 0 Å². The fraction of sp³-hybridized carbons (Fsp3) is 0.590. The summed E-state index contributed by atoms with van der Waals surface area (Å²) in [5, 5.41) is 72.3. The third-order valence-corrected chi connectivity index (χ3v) is 21.2. The van der Waals surface area contributed by atoms with Crippen molar-refractivity contribution in [2.24, 2.45) is 51.4 Å². The average Bonchev–Trinajstić information content (AvgIpc) is 1.61. The summed E-state index contributed by atoms with van der Waals surface area (Å²) in [4.78, 5) is 217. The number of guanidine groups is 1. The zero-order chi connectivity index (χ0) is 90.7. The Morgan fingerprint density at radius 2 is 0.934 bits per heavy atom. The Kier molecular flexibility index (Phi) is 46.0. The Morgan fingerprint density at radius 1 is 0.492 bits per heavy atom. The second-order valence-corrected chi connectivity index (χ2v) is 32.3. The van der Waals surface area contributed by atoms with Crippen LogP contribution in [-0.4, -0.2) is 249 Å². The van der Waals surface area contributed by atoms with Crippen LogP contribution in [0.5, 0.6) is 5.75 Å². The van der Waals surface area contributed by atoms with Gasteiger partial charge in [-0.25, -0.2) is 4.79 Å². The van der Waals surface area contributed by atoms with Gasteiger partial charge in [-0.15, -0.1) is 0 Å². The monoisotopic (exact) mass is 1730 g/mol. The molecule has 0 spiro atoms. The van der Waals surface area contributed by atoms with E-state index in [1.54, 1.807) is 102 Å². The lowest BCUT2D eigenvalue weighted by Crippen LogP contribution is -2.62. The second-order valence-electron chi connectivity index (χ2n) is 31.3. The van der Waals surface area contributed by atoms with Gasteiger partial charge in [0, 0.05) is 38.8 Å². The van der Waals surface area contributed by atoms with E-state index in [4.69, 9.17) is 28.7 Å². The highest BCUT2D eigenvalue weighted by Gasteiger charge is 2.43. The van der Waals surface area contributed by atoms with Crippen LogP contribution in [0.25, 0.3) is 0 Å². The van der Waals surface area contributed by atoms with E-state index in [0.717, 1.165) is 0 Å². The zero-order valence-corrected chi connectivity index (χ0v) is 71.8. The van der Waals surface area contributed by atoms with Gasteiger partial charge in [0.15, 0.2) is 5.96 Å². The van der Waals surface area contributed by atoms with E-state index in [2.05, 4.69) is 68.8 Å². The van der Waals surface area contributed by atoms with Crippen LogP contribution >= 0.6 is 11.8 Å². The molecule has 1 saturated heterocycles. The molecule has 26 N–H and O–H groups in total. The molecule has 0 radical (unpaired) electrons. The van der Waals surface area contributed by atoms with Crippen molar-refractivity contribution < 1.29 is 92.3 Å². The van der Waals surface area contributed by atoms with Crippen LogP contribution < -0.4 is 92.5 Å². The van der Waals surface area contributed by atoms with Crippen molar-refractivity contribution in [2.75, 3.05) is 44.8 Å². The van der Waals surface area contributed by atoms with Gasteiger partial charge in [0.1, 0.15) is 84.3 Å². The third-order valence-electron chi connectivity index (χ3n) is 20.6. The molecule has 0 saturated carbocycles. The molecule has 122 heavy (non-hydrogen) atoms. The maximum atomic E-state index is 15.3. The number of carboxylic acids is 2. The number of aliphatic imine (C=N–C) groups is 1. The number of carbonyl (C=O) groups is 15. The SMILES string of the molecule is CC[C@H](C)[C@H](NC(=O)[C@H](CO)NC(=O)[C@H](CCCCN)NC(=O)[C@H](Cc1ccc(O)cc1)NC(=O)[C@H](C)NC(=O)[C@@H](N)CCSC)C(=O)N[C@@H](CCCN=C(N)N)C(=O)N[C@@H](Cc1ccccc1)C(=O)N1CCC[C@H]1C(=O)N[C@H](C(=O)N[C@@H](CCC(=O)O)C(=O)N[C@@H](CCCCN)C(=O)N[C@@H](CC(C)C)C(=O)N[C@@H](Cc1ccccc1)C(=O)O)C(C)C. The van der Waals surface area contributed by atoms with Crippen LogP contribution in [0.15, 0.2) is 89.9 Å². The molecule has 38 nitrogen and oxygen atoms in total. The van der Waals surface area contributed by atoms with Crippen LogP contribution in [0.3, 0.4) is 0 Å². The van der Waals surface area contributed by atoms with Gasteiger partial charge >= 0.3 is 11.9 Å². The number of unbranched alkanes of at least 4 members (excludes halogenated alkanes) is 2. The molecule has 0 unspecified atom stereocenters. The first-order valence-electron chi connectivity index (χ1n) is 41.5. The first-order valence-corrected chi connectivity index (χ1v) is 42.9. The summed E-state index contributed by atoms with van der Waals surface area (Å²) in [5.74, 6) is -15.4. The van der Waals surface area contributed by atoms with Crippen molar-refractivity contribution in [1.82, 2.24) is 68.7 Å². The van der Waals surface area contributed by atoms with Crippen molar-refractivity contribution in [2.45, 2.75) is 249 Å². The number of likely N-dealkylation sites (tertiary alicyclic amines) is 1. The van der Waals surface area contributed by atoms with E-state index >= 15 is 9.59 Å². The highest BCUT2D eigenvalue weighted by atomic mass is 32.2. The summed E-state index contributed by atoms with van der Waals surface area (Å²) < 4.78 is 0. The van der Waals surface area contributed by atoms with E-state index in [-0.39, 0.29) is 127 Å². The summed E-state index contributed by atoms with van der Waals surface area (Å²) in [7, 11) is 0. The molecule has 0 aromatic heterocycles. The number of benzene rings is 3. The maximum absolute atomic E-state index is 15.3. The molecule has 3 aromatic carbocycles. The summed E-state index contributed by atoms with van der Waals surface area (Å²) in [6, 6.07) is 3.19. The minimum Gasteiger partial charge on any atom is -0.508 e. The number of aliphatic hydroxyl groups excluding tert-OH is 1. The fourth-order valence-electron chi connectivity index (χ4n) is 13.4. The Bertz CT molecular complexity index is 3940. The van der Waals surface area contributed by atoms with E-state index in [9.17, 15) is 82.8 Å². The highest BCUT2D eigenvalue weighted by molar-refractivity contribution is 7.98. The highest BCUT2D eigenvalue weighted by Crippen LogP contribution is 2.23. The number of aliphatic carboxylic acids is 2. The lowest BCUT2D eigenvalue weighted by Gasteiger charge is -2.32. The number of rotatable bonds is 56. The number of carbonyl (C=O) groups excluding carboxylic acids is 13.